The number of rotatable bonds is 0. The maximum atomic E-state index is 8.71. The van der Waals surface area contributed by atoms with Crippen molar-refractivity contribution in [2.75, 3.05) is 0 Å². The van der Waals surface area contributed by atoms with Crippen LogP contribution in [-0.4, -0.2) is 0 Å². The Morgan fingerprint density at radius 2 is 2.00 bits per heavy atom. The summed E-state index contributed by atoms with van der Waals surface area (Å²) in [6.45, 7) is 4.00. The van der Waals surface area contributed by atoms with Crippen molar-refractivity contribution < 1.29 is 0 Å². The van der Waals surface area contributed by atoms with Gasteiger partial charge in [-0.3, -0.25) is 0 Å². The van der Waals surface area contributed by atoms with Crippen LogP contribution in [0, 0.1) is 28.7 Å². The molecule has 0 aliphatic carbocycles. The SMILES string of the molecule is Cc1cc(I)cc(C#N)c1C. The third-order valence-corrected chi connectivity index (χ3v) is 2.38. The quantitative estimate of drug-likeness (QED) is 0.655. The third-order valence-electron chi connectivity index (χ3n) is 1.75. The van der Waals surface area contributed by atoms with Crippen LogP contribution < -0.4 is 0 Å². The van der Waals surface area contributed by atoms with E-state index in [4.69, 9.17) is 5.26 Å². The monoisotopic (exact) mass is 257 g/mol. The second kappa shape index (κ2) is 3.22. The normalized spacial score (nSPS) is 9.27. The first-order chi connectivity index (χ1) is 5.15. The van der Waals surface area contributed by atoms with E-state index in [-0.39, 0.29) is 0 Å². The molecule has 56 valence electrons. The van der Waals surface area contributed by atoms with Crippen LogP contribution in [0.15, 0.2) is 12.1 Å². The van der Waals surface area contributed by atoms with Gasteiger partial charge in [0.25, 0.3) is 0 Å². The molecule has 0 fully saturated rings. The molecular weight excluding hydrogens is 249 g/mol. The smallest absolute Gasteiger partial charge is 0.0994 e. The van der Waals surface area contributed by atoms with Gasteiger partial charge in [-0.2, -0.15) is 5.26 Å². The number of nitrogens with zero attached hydrogens (tertiary/aromatic N) is 1. The summed E-state index contributed by atoms with van der Waals surface area (Å²) in [7, 11) is 0. The van der Waals surface area contributed by atoms with Crippen molar-refractivity contribution >= 4 is 22.6 Å². The number of halogens is 1. The van der Waals surface area contributed by atoms with Gasteiger partial charge in [0, 0.05) is 3.57 Å². The fourth-order valence-electron chi connectivity index (χ4n) is 0.931. The van der Waals surface area contributed by atoms with Gasteiger partial charge >= 0.3 is 0 Å². The topological polar surface area (TPSA) is 23.8 Å². The summed E-state index contributed by atoms with van der Waals surface area (Å²) >= 11 is 2.22. The van der Waals surface area contributed by atoms with Crippen LogP contribution in [0.3, 0.4) is 0 Å². The van der Waals surface area contributed by atoms with Gasteiger partial charge < -0.3 is 0 Å². The molecule has 1 aromatic rings. The van der Waals surface area contributed by atoms with Gasteiger partial charge in [-0.15, -0.1) is 0 Å². The summed E-state index contributed by atoms with van der Waals surface area (Å²) in [6, 6.07) is 6.16. The van der Waals surface area contributed by atoms with Crippen LogP contribution in [0.4, 0.5) is 0 Å². The Kier molecular flexibility index (Phi) is 2.50. The molecule has 0 aromatic heterocycles. The first kappa shape index (κ1) is 8.54. The molecule has 0 heterocycles. The molecule has 0 bridgehead atoms. The molecule has 1 rings (SSSR count). The molecule has 0 atom stereocenters. The molecule has 0 aliphatic rings. The molecule has 1 nitrogen and oxygen atoms in total. The molecule has 0 N–H and O–H groups in total. The van der Waals surface area contributed by atoms with Crippen molar-refractivity contribution in [3.63, 3.8) is 0 Å². The average Bonchev–Trinajstić information content (AvgIpc) is 1.96. The Bertz CT molecular complexity index is 323. The summed E-state index contributed by atoms with van der Waals surface area (Å²) < 4.78 is 1.13. The lowest BCUT2D eigenvalue weighted by atomic mass is 10.1. The number of benzene rings is 1. The summed E-state index contributed by atoms with van der Waals surface area (Å²) in [5.41, 5.74) is 3.07. The highest BCUT2D eigenvalue weighted by Gasteiger charge is 2.00. The lowest BCUT2D eigenvalue weighted by molar-refractivity contribution is 1.29. The molecule has 2 heteroatoms. The van der Waals surface area contributed by atoms with Crippen molar-refractivity contribution in [3.8, 4) is 6.07 Å². The lowest BCUT2D eigenvalue weighted by Gasteiger charge is -2.01. The van der Waals surface area contributed by atoms with Gasteiger partial charge in [-0.05, 0) is 59.7 Å². The number of nitriles is 1. The van der Waals surface area contributed by atoms with E-state index in [0.29, 0.717) is 0 Å². The summed E-state index contributed by atoms with van der Waals surface area (Å²) in [4.78, 5) is 0. The zero-order chi connectivity index (χ0) is 8.43. The molecule has 0 aliphatic heterocycles. The summed E-state index contributed by atoms with van der Waals surface area (Å²) in [5.74, 6) is 0. The number of hydrogen-bond acceptors (Lipinski definition) is 1. The Morgan fingerprint density at radius 3 is 2.55 bits per heavy atom. The van der Waals surface area contributed by atoms with Crippen molar-refractivity contribution in [1.29, 1.82) is 5.26 Å². The molecule has 0 saturated heterocycles. The van der Waals surface area contributed by atoms with Crippen molar-refractivity contribution in [2.24, 2.45) is 0 Å². The first-order valence-electron chi connectivity index (χ1n) is 3.32. The second-order valence-electron chi connectivity index (χ2n) is 2.51. The van der Waals surface area contributed by atoms with E-state index in [1.165, 1.54) is 5.56 Å². The number of hydrogen-bond donors (Lipinski definition) is 0. The molecule has 1 aromatic carbocycles. The maximum absolute atomic E-state index is 8.71. The standard InChI is InChI=1S/C9H8IN/c1-6-3-9(10)4-8(5-11)7(6)2/h3-4H,1-2H3. The van der Waals surface area contributed by atoms with E-state index in [2.05, 4.69) is 34.7 Å². The van der Waals surface area contributed by atoms with Gasteiger partial charge in [0.05, 0.1) is 11.6 Å². The Balaban J connectivity index is 3.39. The molecule has 0 amide bonds. The van der Waals surface area contributed by atoms with Crippen LogP contribution in [0.5, 0.6) is 0 Å². The van der Waals surface area contributed by atoms with Gasteiger partial charge in [-0.1, -0.05) is 0 Å². The molecule has 0 radical (unpaired) electrons. The maximum Gasteiger partial charge on any atom is 0.0994 e. The van der Waals surface area contributed by atoms with Crippen LogP contribution in [0.25, 0.3) is 0 Å². The van der Waals surface area contributed by atoms with E-state index >= 15 is 0 Å². The first-order valence-corrected chi connectivity index (χ1v) is 4.40. The lowest BCUT2D eigenvalue weighted by Crippen LogP contribution is -1.88. The van der Waals surface area contributed by atoms with Gasteiger partial charge in [0.2, 0.25) is 0 Å². The largest absolute Gasteiger partial charge is 0.192 e. The fourth-order valence-corrected chi connectivity index (χ4v) is 1.71. The van der Waals surface area contributed by atoms with Gasteiger partial charge in [0.15, 0.2) is 0 Å². The highest BCUT2D eigenvalue weighted by atomic mass is 127. The van der Waals surface area contributed by atoms with Crippen molar-refractivity contribution in [1.82, 2.24) is 0 Å². The second-order valence-corrected chi connectivity index (χ2v) is 3.75. The zero-order valence-corrected chi connectivity index (χ0v) is 8.64. The minimum atomic E-state index is 0.786. The highest BCUT2D eigenvalue weighted by Crippen LogP contribution is 2.16. The van der Waals surface area contributed by atoms with E-state index in [0.717, 1.165) is 14.7 Å². The van der Waals surface area contributed by atoms with Crippen LogP contribution in [0.1, 0.15) is 16.7 Å². The molecule has 11 heavy (non-hydrogen) atoms. The predicted octanol–water partition coefficient (Wildman–Crippen LogP) is 2.78. The fraction of sp³-hybridized carbons (Fsp3) is 0.222. The summed E-state index contributed by atoms with van der Waals surface area (Å²) in [5, 5.41) is 8.71. The van der Waals surface area contributed by atoms with Crippen LogP contribution >= 0.6 is 22.6 Å². The van der Waals surface area contributed by atoms with E-state index in [1.54, 1.807) is 0 Å². The Labute approximate surface area is 80.2 Å². The van der Waals surface area contributed by atoms with Gasteiger partial charge in [-0.25, -0.2) is 0 Å². The van der Waals surface area contributed by atoms with Crippen LogP contribution in [-0.2, 0) is 0 Å². The van der Waals surface area contributed by atoms with Crippen LogP contribution in [0.2, 0.25) is 0 Å². The van der Waals surface area contributed by atoms with E-state index < -0.39 is 0 Å². The zero-order valence-electron chi connectivity index (χ0n) is 6.48. The molecular formula is C9H8IN. The van der Waals surface area contributed by atoms with E-state index in [9.17, 15) is 0 Å². The van der Waals surface area contributed by atoms with E-state index in [1.807, 2.05) is 19.9 Å². The Hall–Kier alpha value is -0.560. The third kappa shape index (κ3) is 1.72. The minimum absolute atomic E-state index is 0.786. The van der Waals surface area contributed by atoms with Crippen molar-refractivity contribution in [3.05, 3.63) is 32.4 Å². The average molecular weight is 257 g/mol. The number of aryl methyl sites for hydroxylation is 1. The summed E-state index contributed by atoms with van der Waals surface area (Å²) in [6.07, 6.45) is 0. The minimum Gasteiger partial charge on any atom is -0.192 e. The van der Waals surface area contributed by atoms with Gasteiger partial charge in [0.1, 0.15) is 0 Å². The Morgan fingerprint density at radius 1 is 1.36 bits per heavy atom. The molecule has 0 saturated carbocycles. The predicted molar refractivity (Wildman–Crippen MR) is 53.3 cm³/mol. The molecule has 0 spiro atoms. The highest BCUT2D eigenvalue weighted by molar-refractivity contribution is 14.1. The van der Waals surface area contributed by atoms with Crippen molar-refractivity contribution in [2.45, 2.75) is 13.8 Å². The molecule has 0 unspecified atom stereocenters.